The summed E-state index contributed by atoms with van der Waals surface area (Å²) >= 11 is -2.43. The third-order valence-electron chi connectivity index (χ3n) is 0.414. The maximum atomic E-state index is 9.71. The highest BCUT2D eigenvalue weighted by molar-refractivity contribution is 7.77. The Labute approximate surface area is 60.0 Å². The Hall–Kier alpha value is -1.08. The molecular formula is C3H5N4O2S-. The molecule has 6 nitrogen and oxygen atoms in total. The van der Waals surface area contributed by atoms with E-state index in [1.807, 2.05) is 0 Å². The van der Waals surface area contributed by atoms with Crippen LogP contribution in [0.25, 0.3) is 0 Å². The van der Waals surface area contributed by atoms with Gasteiger partial charge in [0.1, 0.15) is 6.34 Å². The third-order valence-corrected chi connectivity index (χ3v) is 0.707. The van der Waals surface area contributed by atoms with Crippen molar-refractivity contribution < 1.29 is 8.76 Å². The SMILES string of the molecule is N/C=N/N=C/C=N\S(=O)[O-]. The zero-order valence-electron chi connectivity index (χ0n) is 4.88. The average molecular weight is 161 g/mol. The first kappa shape index (κ1) is 8.92. The van der Waals surface area contributed by atoms with Crippen LogP contribution in [0.15, 0.2) is 14.6 Å². The lowest BCUT2D eigenvalue weighted by Crippen LogP contribution is -1.86. The molecule has 1 atom stereocenters. The highest BCUT2D eigenvalue weighted by Gasteiger charge is 1.65. The number of hydrogen-bond acceptors (Lipinski definition) is 4. The molecule has 0 aliphatic carbocycles. The van der Waals surface area contributed by atoms with E-state index < -0.39 is 11.3 Å². The van der Waals surface area contributed by atoms with E-state index >= 15 is 0 Å². The molecule has 0 amide bonds. The van der Waals surface area contributed by atoms with Crippen molar-refractivity contribution in [2.45, 2.75) is 0 Å². The van der Waals surface area contributed by atoms with Crippen LogP contribution in [0.2, 0.25) is 0 Å². The summed E-state index contributed by atoms with van der Waals surface area (Å²) in [7, 11) is 0. The summed E-state index contributed by atoms with van der Waals surface area (Å²) in [5.41, 5.74) is 4.80. The maximum Gasteiger partial charge on any atom is 0.108 e. The number of rotatable bonds is 3. The molecule has 56 valence electrons. The lowest BCUT2D eigenvalue weighted by molar-refractivity contribution is 0.539. The molecule has 0 spiro atoms. The molecule has 0 aliphatic heterocycles. The van der Waals surface area contributed by atoms with E-state index in [1.54, 1.807) is 0 Å². The fraction of sp³-hybridized carbons (Fsp3) is 0. The summed E-state index contributed by atoms with van der Waals surface area (Å²) < 4.78 is 22.3. The Balaban J connectivity index is 3.62. The lowest BCUT2D eigenvalue weighted by atomic mass is 10.8. The van der Waals surface area contributed by atoms with E-state index in [9.17, 15) is 8.76 Å². The molecular weight excluding hydrogens is 156 g/mol. The van der Waals surface area contributed by atoms with Gasteiger partial charge in [0.05, 0.1) is 23.7 Å². The van der Waals surface area contributed by atoms with E-state index in [4.69, 9.17) is 5.73 Å². The topological polar surface area (TPSA) is 103 Å². The predicted molar refractivity (Wildman–Crippen MR) is 38.6 cm³/mol. The van der Waals surface area contributed by atoms with E-state index in [2.05, 4.69) is 14.6 Å². The second-order valence-electron chi connectivity index (χ2n) is 1.00. The smallest absolute Gasteiger partial charge is 0.108 e. The monoisotopic (exact) mass is 161 g/mol. The summed E-state index contributed by atoms with van der Waals surface area (Å²) in [5, 5.41) is 6.46. The molecule has 7 heteroatoms. The molecule has 0 rings (SSSR count). The molecule has 0 aromatic heterocycles. The number of nitrogens with two attached hydrogens (primary N) is 1. The summed E-state index contributed by atoms with van der Waals surface area (Å²) in [5.74, 6) is 0. The second kappa shape index (κ2) is 6.05. The van der Waals surface area contributed by atoms with Crippen molar-refractivity contribution in [3.8, 4) is 0 Å². The fourth-order valence-corrected chi connectivity index (χ4v) is 0.338. The quantitative estimate of drug-likeness (QED) is 0.244. The van der Waals surface area contributed by atoms with Gasteiger partial charge >= 0.3 is 0 Å². The molecule has 0 saturated heterocycles. The summed E-state index contributed by atoms with van der Waals surface area (Å²) in [6.45, 7) is 0. The van der Waals surface area contributed by atoms with E-state index in [-0.39, 0.29) is 0 Å². The normalized spacial score (nSPS) is 15.7. The van der Waals surface area contributed by atoms with Gasteiger partial charge < -0.3 is 10.3 Å². The summed E-state index contributed by atoms with van der Waals surface area (Å²) in [4.78, 5) is 0. The molecule has 0 aliphatic rings. The summed E-state index contributed by atoms with van der Waals surface area (Å²) in [6, 6.07) is 0. The van der Waals surface area contributed by atoms with Gasteiger partial charge in [-0.05, 0) is 0 Å². The van der Waals surface area contributed by atoms with E-state index in [1.165, 1.54) is 0 Å². The van der Waals surface area contributed by atoms with Crippen molar-refractivity contribution >= 4 is 30.0 Å². The van der Waals surface area contributed by atoms with Crippen LogP contribution in [-0.4, -0.2) is 27.5 Å². The zero-order chi connectivity index (χ0) is 7.82. The Kier molecular flexibility index (Phi) is 5.39. The maximum absolute atomic E-state index is 9.71. The van der Waals surface area contributed by atoms with Gasteiger partial charge in [-0.2, -0.15) is 5.10 Å². The van der Waals surface area contributed by atoms with E-state index in [0.717, 1.165) is 18.8 Å². The average Bonchev–Trinajstić information content (AvgIpc) is 1.87. The molecule has 0 aromatic rings. The zero-order valence-corrected chi connectivity index (χ0v) is 5.69. The van der Waals surface area contributed by atoms with Crippen molar-refractivity contribution in [3.63, 3.8) is 0 Å². The van der Waals surface area contributed by atoms with Gasteiger partial charge in [-0.25, -0.2) is 4.40 Å². The molecule has 0 fully saturated rings. The molecule has 0 heterocycles. The first-order valence-corrected chi connectivity index (χ1v) is 3.19. The van der Waals surface area contributed by atoms with Crippen molar-refractivity contribution in [3.05, 3.63) is 0 Å². The van der Waals surface area contributed by atoms with Crippen LogP contribution >= 0.6 is 0 Å². The Morgan fingerprint density at radius 2 is 2.10 bits per heavy atom. The van der Waals surface area contributed by atoms with E-state index in [0.29, 0.717) is 0 Å². The fourth-order valence-electron chi connectivity index (χ4n) is 0.184. The van der Waals surface area contributed by atoms with Crippen molar-refractivity contribution in [1.29, 1.82) is 0 Å². The van der Waals surface area contributed by atoms with Crippen molar-refractivity contribution in [2.24, 2.45) is 20.3 Å². The molecule has 2 N–H and O–H groups in total. The molecule has 0 saturated carbocycles. The minimum Gasteiger partial charge on any atom is -0.754 e. The highest BCUT2D eigenvalue weighted by Crippen LogP contribution is 1.69. The van der Waals surface area contributed by atoms with Crippen LogP contribution < -0.4 is 5.73 Å². The molecule has 0 aromatic carbocycles. The van der Waals surface area contributed by atoms with Crippen LogP contribution in [0.5, 0.6) is 0 Å². The van der Waals surface area contributed by atoms with Crippen LogP contribution in [0.3, 0.4) is 0 Å². The molecule has 10 heavy (non-hydrogen) atoms. The van der Waals surface area contributed by atoms with Gasteiger partial charge in [0.25, 0.3) is 0 Å². The van der Waals surface area contributed by atoms with Gasteiger partial charge in [-0.3, -0.25) is 4.21 Å². The Morgan fingerprint density at radius 3 is 2.60 bits per heavy atom. The summed E-state index contributed by atoms with van der Waals surface area (Å²) in [6.07, 6.45) is 3.05. The first-order chi connectivity index (χ1) is 4.77. The Morgan fingerprint density at radius 1 is 1.40 bits per heavy atom. The van der Waals surface area contributed by atoms with Gasteiger partial charge in [-0.1, -0.05) is 0 Å². The van der Waals surface area contributed by atoms with Crippen LogP contribution in [-0.2, 0) is 11.3 Å². The van der Waals surface area contributed by atoms with Crippen LogP contribution in [0, 0.1) is 0 Å². The van der Waals surface area contributed by atoms with Gasteiger partial charge in [0, 0.05) is 0 Å². The Bertz CT molecular complexity index is 187. The molecule has 1 unspecified atom stereocenters. The van der Waals surface area contributed by atoms with Gasteiger partial charge in [0.15, 0.2) is 0 Å². The minimum atomic E-state index is -2.43. The standard InChI is InChI=1S/C3H6N4O2S/c4-3-6-5-1-2-7-10(8)9/h1-3H,(H2,4,6)(H,8,9)/p-1/b5-1+,7-2-. The predicted octanol–water partition coefficient (Wildman–Crippen LogP) is -1.18. The van der Waals surface area contributed by atoms with Gasteiger partial charge in [0.2, 0.25) is 0 Å². The molecule has 0 bridgehead atoms. The van der Waals surface area contributed by atoms with Gasteiger partial charge in [-0.15, -0.1) is 5.10 Å². The van der Waals surface area contributed by atoms with Crippen LogP contribution in [0.4, 0.5) is 0 Å². The number of nitrogens with zero attached hydrogens (tertiary/aromatic N) is 3. The van der Waals surface area contributed by atoms with Crippen LogP contribution in [0.1, 0.15) is 0 Å². The third kappa shape index (κ3) is 6.92. The highest BCUT2D eigenvalue weighted by atomic mass is 32.2. The first-order valence-electron chi connectivity index (χ1n) is 2.16. The van der Waals surface area contributed by atoms with Crippen molar-refractivity contribution in [1.82, 2.24) is 0 Å². The minimum absolute atomic E-state index is 0.971. The lowest BCUT2D eigenvalue weighted by Gasteiger charge is -1.89. The second-order valence-corrected chi connectivity index (χ2v) is 1.65. The number of hydrogen-bond donors (Lipinski definition) is 1. The van der Waals surface area contributed by atoms with Crippen molar-refractivity contribution in [2.75, 3.05) is 0 Å². The largest absolute Gasteiger partial charge is 0.754 e. The molecule has 0 radical (unpaired) electrons.